The van der Waals surface area contributed by atoms with Crippen LogP contribution in [0, 0.1) is 0 Å². The Hall–Kier alpha value is -3.27. The zero-order valence-corrected chi connectivity index (χ0v) is 17.1. The van der Waals surface area contributed by atoms with Gasteiger partial charge in [0.05, 0.1) is 5.56 Å². The van der Waals surface area contributed by atoms with Gasteiger partial charge in [0.2, 0.25) is 0 Å². The molecule has 2 aromatic carbocycles. The van der Waals surface area contributed by atoms with E-state index in [0.717, 1.165) is 24.0 Å². The molecule has 0 aliphatic rings. The molecule has 0 radical (unpaired) electrons. The molecule has 0 atom stereocenters. The van der Waals surface area contributed by atoms with Gasteiger partial charge in [-0.05, 0) is 75.9 Å². The number of ketones is 1. The molecule has 152 valence electrons. The van der Waals surface area contributed by atoms with Crippen LogP contribution in [-0.4, -0.2) is 21.1 Å². The lowest BCUT2D eigenvalue weighted by Gasteiger charge is -2.09. The molecule has 0 saturated carbocycles. The van der Waals surface area contributed by atoms with Gasteiger partial charge in [-0.2, -0.15) is 0 Å². The lowest BCUT2D eigenvalue weighted by Crippen LogP contribution is -1.98. The smallest absolute Gasteiger partial charge is 0.189 e. The molecule has 4 nitrogen and oxygen atoms in total. The number of benzene rings is 2. The summed E-state index contributed by atoms with van der Waals surface area (Å²) in [6.45, 7) is 6.14. The molecule has 2 rings (SSSR count). The average molecular weight is 392 g/mol. The van der Waals surface area contributed by atoms with Crippen LogP contribution in [0.3, 0.4) is 0 Å². The number of phenols is 3. The maximum atomic E-state index is 12.5. The Balaban J connectivity index is 2.15. The zero-order valence-electron chi connectivity index (χ0n) is 17.1. The Kier molecular flexibility index (Phi) is 7.84. The number of phenolic OH excluding ortho intramolecular Hbond substituents is 3. The molecule has 0 amide bonds. The molecule has 0 heterocycles. The van der Waals surface area contributed by atoms with Crippen molar-refractivity contribution in [3.05, 3.63) is 82.5 Å². The first-order valence-corrected chi connectivity index (χ1v) is 9.62. The van der Waals surface area contributed by atoms with E-state index in [0.29, 0.717) is 12.0 Å². The number of carbonyl (C=O) groups excluding carboxylic acids is 1. The summed E-state index contributed by atoms with van der Waals surface area (Å²) in [5.41, 5.74) is 3.67. The summed E-state index contributed by atoms with van der Waals surface area (Å²) >= 11 is 0. The predicted octanol–water partition coefficient (Wildman–Crippen LogP) is 5.93. The minimum atomic E-state index is -0.360. The van der Waals surface area contributed by atoms with E-state index in [1.54, 1.807) is 18.2 Å². The fourth-order valence-corrected chi connectivity index (χ4v) is 2.84. The second-order valence-electron chi connectivity index (χ2n) is 7.32. The molecule has 3 N–H and O–H groups in total. The van der Waals surface area contributed by atoms with Crippen LogP contribution >= 0.6 is 0 Å². The van der Waals surface area contributed by atoms with Crippen LogP contribution in [0.15, 0.2) is 65.8 Å². The average Bonchev–Trinajstić information content (AvgIpc) is 2.67. The first-order chi connectivity index (χ1) is 13.8. The molecule has 2 aromatic rings. The highest BCUT2D eigenvalue weighted by Crippen LogP contribution is 2.32. The largest absolute Gasteiger partial charge is 0.508 e. The van der Waals surface area contributed by atoms with Crippen molar-refractivity contribution in [1.29, 1.82) is 0 Å². The Morgan fingerprint density at radius 3 is 2.28 bits per heavy atom. The van der Waals surface area contributed by atoms with Gasteiger partial charge in [-0.25, -0.2) is 0 Å². The van der Waals surface area contributed by atoms with Crippen LogP contribution in [0.2, 0.25) is 0 Å². The molecular formula is C25H28O4. The van der Waals surface area contributed by atoms with Crippen LogP contribution < -0.4 is 0 Å². The van der Waals surface area contributed by atoms with Crippen LogP contribution in [0.25, 0.3) is 6.08 Å². The molecular weight excluding hydrogens is 364 g/mol. The SMILES string of the molecule is CC(C)=CCC/C(C)=C/Cc1c(O)ccc(C(=O)C=Cc2ccc(O)cc2)c1O. The van der Waals surface area contributed by atoms with E-state index in [2.05, 4.69) is 19.9 Å². The summed E-state index contributed by atoms with van der Waals surface area (Å²) in [7, 11) is 0. The van der Waals surface area contributed by atoms with Gasteiger partial charge in [0.25, 0.3) is 0 Å². The van der Waals surface area contributed by atoms with E-state index < -0.39 is 0 Å². The van der Waals surface area contributed by atoms with Crippen molar-refractivity contribution in [3.8, 4) is 17.2 Å². The van der Waals surface area contributed by atoms with Crippen molar-refractivity contribution in [2.24, 2.45) is 0 Å². The molecule has 0 spiro atoms. The monoisotopic (exact) mass is 392 g/mol. The quantitative estimate of drug-likeness (QED) is 0.295. The molecule has 0 aromatic heterocycles. The lowest BCUT2D eigenvalue weighted by molar-refractivity contribution is 0.104. The number of allylic oxidation sites excluding steroid dienone is 5. The standard InChI is InChI=1S/C25H28O4/c1-17(2)5-4-6-18(3)7-13-21-24(28)16-14-22(25(21)29)23(27)15-10-19-8-11-20(26)12-9-19/h5,7-12,14-16,26,28-29H,4,6,13H2,1-3H3/b15-10?,18-7+. The molecule has 0 unspecified atom stereocenters. The van der Waals surface area contributed by atoms with Crippen LogP contribution in [-0.2, 0) is 6.42 Å². The highest BCUT2D eigenvalue weighted by Gasteiger charge is 2.15. The summed E-state index contributed by atoms with van der Waals surface area (Å²) < 4.78 is 0. The van der Waals surface area contributed by atoms with Gasteiger partial charge in [0, 0.05) is 5.56 Å². The fraction of sp³-hybridized carbons (Fsp3) is 0.240. The minimum Gasteiger partial charge on any atom is -0.508 e. The van der Waals surface area contributed by atoms with Gasteiger partial charge < -0.3 is 15.3 Å². The maximum Gasteiger partial charge on any atom is 0.189 e. The van der Waals surface area contributed by atoms with Crippen molar-refractivity contribution in [1.82, 2.24) is 0 Å². The first kappa shape index (κ1) is 22.0. The highest BCUT2D eigenvalue weighted by atomic mass is 16.3. The van der Waals surface area contributed by atoms with E-state index in [1.807, 2.05) is 13.0 Å². The number of hydrogen-bond donors (Lipinski definition) is 3. The molecule has 0 aliphatic carbocycles. The van der Waals surface area contributed by atoms with Gasteiger partial charge in [0.1, 0.15) is 17.2 Å². The van der Waals surface area contributed by atoms with Crippen LogP contribution in [0.1, 0.15) is 55.1 Å². The number of rotatable bonds is 8. The lowest BCUT2D eigenvalue weighted by atomic mass is 9.99. The summed E-state index contributed by atoms with van der Waals surface area (Å²) in [5.74, 6) is -0.437. The Morgan fingerprint density at radius 2 is 1.62 bits per heavy atom. The van der Waals surface area contributed by atoms with Crippen LogP contribution in [0.5, 0.6) is 17.2 Å². The van der Waals surface area contributed by atoms with Crippen molar-refractivity contribution >= 4 is 11.9 Å². The van der Waals surface area contributed by atoms with Crippen molar-refractivity contribution < 1.29 is 20.1 Å². The molecule has 0 aliphatic heterocycles. The number of carbonyl (C=O) groups is 1. The van der Waals surface area contributed by atoms with E-state index >= 15 is 0 Å². The third kappa shape index (κ3) is 6.68. The number of aromatic hydroxyl groups is 3. The summed E-state index contributed by atoms with van der Waals surface area (Å²) in [6.07, 6.45) is 9.31. The minimum absolute atomic E-state index is 0.0325. The maximum absolute atomic E-state index is 12.5. The van der Waals surface area contributed by atoms with Gasteiger partial charge in [-0.1, -0.05) is 41.5 Å². The molecule has 0 saturated heterocycles. The zero-order chi connectivity index (χ0) is 21.4. The normalized spacial score (nSPS) is 11.6. The fourth-order valence-electron chi connectivity index (χ4n) is 2.84. The topological polar surface area (TPSA) is 77.8 Å². The van der Waals surface area contributed by atoms with E-state index in [9.17, 15) is 20.1 Å². The Bertz CT molecular complexity index is 944. The predicted molar refractivity (Wildman–Crippen MR) is 117 cm³/mol. The van der Waals surface area contributed by atoms with Gasteiger partial charge in [-0.3, -0.25) is 4.79 Å². The third-order valence-corrected chi connectivity index (χ3v) is 4.59. The number of hydrogen-bond acceptors (Lipinski definition) is 4. The second-order valence-corrected chi connectivity index (χ2v) is 7.32. The van der Waals surface area contributed by atoms with Gasteiger partial charge in [-0.15, -0.1) is 0 Å². The van der Waals surface area contributed by atoms with Crippen LogP contribution in [0.4, 0.5) is 0 Å². The highest BCUT2D eigenvalue weighted by molar-refractivity contribution is 6.09. The first-order valence-electron chi connectivity index (χ1n) is 9.62. The van der Waals surface area contributed by atoms with Crippen molar-refractivity contribution in [3.63, 3.8) is 0 Å². The summed E-state index contributed by atoms with van der Waals surface area (Å²) in [4.78, 5) is 12.5. The summed E-state index contributed by atoms with van der Waals surface area (Å²) in [5, 5.41) is 30.0. The van der Waals surface area contributed by atoms with E-state index in [-0.39, 0.29) is 28.6 Å². The second kappa shape index (κ2) is 10.3. The van der Waals surface area contributed by atoms with Gasteiger partial charge >= 0.3 is 0 Å². The van der Waals surface area contributed by atoms with Crippen molar-refractivity contribution in [2.45, 2.75) is 40.0 Å². The van der Waals surface area contributed by atoms with Crippen molar-refractivity contribution in [2.75, 3.05) is 0 Å². The summed E-state index contributed by atoms with van der Waals surface area (Å²) in [6, 6.07) is 9.29. The molecule has 0 fully saturated rings. The van der Waals surface area contributed by atoms with E-state index in [1.165, 1.54) is 35.9 Å². The van der Waals surface area contributed by atoms with E-state index in [4.69, 9.17) is 0 Å². The Morgan fingerprint density at radius 1 is 0.931 bits per heavy atom. The molecule has 4 heteroatoms. The molecule has 29 heavy (non-hydrogen) atoms. The third-order valence-electron chi connectivity index (χ3n) is 4.59. The Labute approximate surface area is 172 Å². The molecule has 0 bridgehead atoms. The van der Waals surface area contributed by atoms with Gasteiger partial charge in [0.15, 0.2) is 5.78 Å².